The molecule has 6 heteroatoms. The normalized spacial score (nSPS) is 17.5. The van der Waals surface area contributed by atoms with E-state index < -0.39 is 0 Å². The lowest BCUT2D eigenvalue weighted by Gasteiger charge is -2.24. The summed E-state index contributed by atoms with van der Waals surface area (Å²) >= 11 is 1.59. The number of ether oxygens (including phenoxy) is 1. The van der Waals surface area contributed by atoms with E-state index in [-0.39, 0.29) is 24.4 Å². The predicted octanol–water partition coefficient (Wildman–Crippen LogP) is 1.97. The van der Waals surface area contributed by atoms with Crippen LogP contribution in [0.1, 0.15) is 23.8 Å². The molecular weight excluding hydrogens is 284 g/mol. The second-order valence-electron chi connectivity index (χ2n) is 4.57. The second-order valence-corrected chi connectivity index (χ2v) is 5.55. The van der Waals surface area contributed by atoms with Gasteiger partial charge in [-0.25, -0.2) is 4.79 Å². The van der Waals surface area contributed by atoms with Gasteiger partial charge in [-0.3, -0.25) is 5.32 Å². The van der Waals surface area contributed by atoms with Crippen molar-refractivity contribution in [2.24, 2.45) is 5.92 Å². The summed E-state index contributed by atoms with van der Waals surface area (Å²) in [5.41, 5.74) is 0. The Morgan fingerprint density at radius 2 is 2.32 bits per heavy atom. The van der Waals surface area contributed by atoms with Crippen LogP contribution in [-0.4, -0.2) is 32.7 Å². The van der Waals surface area contributed by atoms with Gasteiger partial charge < -0.3 is 10.1 Å². The Kier molecular flexibility index (Phi) is 7.38. The zero-order valence-electron chi connectivity index (χ0n) is 11.1. The lowest BCUT2D eigenvalue weighted by atomic mass is 9.98. The number of hydrogen-bond donors (Lipinski definition) is 2. The van der Waals surface area contributed by atoms with Gasteiger partial charge in [0, 0.05) is 4.88 Å². The molecule has 1 fully saturated rings. The average Bonchev–Trinajstić information content (AvgIpc) is 2.94. The van der Waals surface area contributed by atoms with Crippen LogP contribution < -0.4 is 10.6 Å². The van der Waals surface area contributed by atoms with Crippen molar-refractivity contribution < 1.29 is 9.53 Å². The molecule has 1 aliphatic rings. The Morgan fingerprint density at radius 1 is 1.58 bits per heavy atom. The third kappa shape index (κ3) is 4.76. The van der Waals surface area contributed by atoms with Crippen LogP contribution in [0.4, 0.5) is 0 Å². The molecule has 0 aliphatic carbocycles. The molecule has 0 aromatic carbocycles. The number of esters is 1. The van der Waals surface area contributed by atoms with E-state index in [1.54, 1.807) is 11.3 Å². The number of thiophene rings is 1. The van der Waals surface area contributed by atoms with Gasteiger partial charge in [-0.2, -0.15) is 0 Å². The molecule has 0 saturated carbocycles. The van der Waals surface area contributed by atoms with Gasteiger partial charge in [0.2, 0.25) is 0 Å². The minimum Gasteiger partial charge on any atom is -0.468 e. The van der Waals surface area contributed by atoms with Crippen LogP contribution >= 0.6 is 23.7 Å². The Hall–Kier alpha value is -0.620. The first kappa shape index (κ1) is 16.4. The summed E-state index contributed by atoms with van der Waals surface area (Å²) in [6.07, 6.45) is 2.34. The molecule has 0 spiro atoms. The van der Waals surface area contributed by atoms with E-state index in [1.165, 1.54) is 20.0 Å². The fourth-order valence-corrected chi connectivity index (χ4v) is 3.03. The summed E-state index contributed by atoms with van der Waals surface area (Å²) in [5.74, 6) is 0.449. The lowest BCUT2D eigenvalue weighted by molar-refractivity contribution is -0.143. The molecule has 1 aliphatic heterocycles. The lowest BCUT2D eigenvalue weighted by Crippen LogP contribution is -2.37. The maximum atomic E-state index is 11.8. The first-order chi connectivity index (χ1) is 8.81. The van der Waals surface area contributed by atoms with Crippen LogP contribution in [0.25, 0.3) is 0 Å². The number of carbonyl (C=O) groups is 1. The predicted molar refractivity (Wildman–Crippen MR) is 79.9 cm³/mol. The van der Waals surface area contributed by atoms with Crippen molar-refractivity contribution in [2.75, 3.05) is 26.7 Å². The number of halogens is 1. The van der Waals surface area contributed by atoms with Crippen molar-refractivity contribution in [3.8, 4) is 0 Å². The number of nitrogens with one attached hydrogen (secondary N) is 2. The Bertz CT molecular complexity index is 367. The van der Waals surface area contributed by atoms with Gasteiger partial charge >= 0.3 is 5.97 Å². The minimum absolute atomic E-state index is 0. The van der Waals surface area contributed by atoms with Gasteiger partial charge in [0.1, 0.15) is 6.04 Å². The molecule has 108 valence electrons. The van der Waals surface area contributed by atoms with Gasteiger partial charge in [-0.05, 0) is 49.8 Å². The Labute approximate surface area is 124 Å². The van der Waals surface area contributed by atoms with E-state index in [4.69, 9.17) is 4.74 Å². The molecule has 1 saturated heterocycles. The summed E-state index contributed by atoms with van der Waals surface area (Å²) < 4.78 is 4.87. The van der Waals surface area contributed by atoms with Crippen LogP contribution in [0, 0.1) is 5.92 Å². The molecule has 2 rings (SSSR count). The summed E-state index contributed by atoms with van der Waals surface area (Å²) in [4.78, 5) is 12.8. The average molecular weight is 305 g/mol. The van der Waals surface area contributed by atoms with E-state index in [2.05, 4.69) is 10.6 Å². The Morgan fingerprint density at radius 3 is 2.89 bits per heavy atom. The van der Waals surface area contributed by atoms with Crippen LogP contribution in [0.5, 0.6) is 0 Å². The second kappa shape index (κ2) is 8.53. The van der Waals surface area contributed by atoms with E-state index in [1.807, 2.05) is 17.5 Å². The van der Waals surface area contributed by atoms with Crippen molar-refractivity contribution in [1.29, 1.82) is 0 Å². The third-order valence-corrected chi connectivity index (χ3v) is 4.27. The van der Waals surface area contributed by atoms with Gasteiger partial charge in [0.15, 0.2) is 0 Å². The standard InChI is InChI=1S/C13H20N2O2S.ClH/c1-17-13(16)12(11-3-2-8-18-11)15-9-10-4-6-14-7-5-10;/h2-3,8,10,12,14-15H,4-7,9H2,1H3;1H. The SMILES string of the molecule is COC(=O)C(NCC1CCNCC1)c1cccs1.Cl. The maximum absolute atomic E-state index is 11.8. The van der Waals surface area contributed by atoms with Crippen molar-refractivity contribution in [1.82, 2.24) is 10.6 Å². The summed E-state index contributed by atoms with van der Waals surface area (Å²) in [7, 11) is 1.44. The summed E-state index contributed by atoms with van der Waals surface area (Å²) in [5, 5.41) is 8.68. The first-order valence-electron chi connectivity index (χ1n) is 6.36. The van der Waals surface area contributed by atoms with Crippen molar-refractivity contribution in [3.05, 3.63) is 22.4 Å². The monoisotopic (exact) mass is 304 g/mol. The zero-order valence-corrected chi connectivity index (χ0v) is 12.7. The van der Waals surface area contributed by atoms with Gasteiger partial charge in [-0.15, -0.1) is 23.7 Å². The quantitative estimate of drug-likeness (QED) is 0.817. The van der Waals surface area contributed by atoms with E-state index >= 15 is 0 Å². The van der Waals surface area contributed by atoms with Gasteiger partial charge in [0.05, 0.1) is 7.11 Å². The largest absolute Gasteiger partial charge is 0.468 e. The number of carbonyl (C=O) groups excluding carboxylic acids is 1. The summed E-state index contributed by atoms with van der Waals surface area (Å²) in [6, 6.07) is 3.62. The minimum atomic E-state index is -0.315. The van der Waals surface area contributed by atoms with E-state index in [0.29, 0.717) is 5.92 Å². The van der Waals surface area contributed by atoms with Gasteiger partial charge in [0.25, 0.3) is 0 Å². The number of methoxy groups -OCH3 is 1. The van der Waals surface area contributed by atoms with E-state index in [0.717, 1.165) is 24.5 Å². The Balaban J connectivity index is 0.00000180. The van der Waals surface area contributed by atoms with Crippen molar-refractivity contribution >= 4 is 29.7 Å². The van der Waals surface area contributed by atoms with Crippen LogP contribution in [0.15, 0.2) is 17.5 Å². The molecule has 1 atom stereocenters. The van der Waals surface area contributed by atoms with Crippen molar-refractivity contribution in [2.45, 2.75) is 18.9 Å². The van der Waals surface area contributed by atoms with Gasteiger partial charge in [-0.1, -0.05) is 6.07 Å². The highest BCUT2D eigenvalue weighted by Gasteiger charge is 2.23. The number of hydrogen-bond acceptors (Lipinski definition) is 5. The smallest absolute Gasteiger partial charge is 0.328 e. The summed E-state index contributed by atoms with van der Waals surface area (Å²) in [6.45, 7) is 3.03. The zero-order chi connectivity index (χ0) is 12.8. The molecule has 1 unspecified atom stereocenters. The maximum Gasteiger partial charge on any atom is 0.328 e. The third-order valence-electron chi connectivity index (χ3n) is 3.33. The highest BCUT2D eigenvalue weighted by atomic mass is 35.5. The molecule has 2 heterocycles. The highest BCUT2D eigenvalue weighted by Crippen LogP contribution is 2.21. The topological polar surface area (TPSA) is 50.4 Å². The van der Waals surface area contributed by atoms with Crippen LogP contribution in [0.2, 0.25) is 0 Å². The fourth-order valence-electron chi connectivity index (χ4n) is 2.24. The van der Waals surface area contributed by atoms with E-state index in [9.17, 15) is 4.79 Å². The molecule has 0 radical (unpaired) electrons. The molecule has 19 heavy (non-hydrogen) atoms. The first-order valence-corrected chi connectivity index (χ1v) is 7.24. The van der Waals surface area contributed by atoms with Crippen LogP contribution in [0.3, 0.4) is 0 Å². The molecular formula is C13H21ClN2O2S. The molecule has 0 amide bonds. The molecule has 1 aromatic rings. The molecule has 2 N–H and O–H groups in total. The molecule has 4 nitrogen and oxygen atoms in total. The molecule has 1 aromatic heterocycles. The highest BCUT2D eigenvalue weighted by molar-refractivity contribution is 7.10. The van der Waals surface area contributed by atoms with Crippen molar-refractivity contribution in [3.63, 3.8) is 0 Å². The fraction of sp³-hybridized carbons (Fsp3) is 0.615. The number of rotatable bonds is 5. The molecule has 0 bridgehead atoms. The van der Waals surface area contributed by atoms with Crippen LogP contribution in [-0.2, 0) is 9.53 Å². The number of piperidine rings is 1.